The number of carbonyl (C=O) groups is 2. The number of anilines is 2. The number of aromatic nitrogens is 2. The van der Waals surface area contributed by atoms with Crippen molar-refractivity contribution in [3.63, 3.8) is 0 Å². The Labute approximate surface area is 384 Å². The normalized spacial score (nSPS) is 12.0. The summed E-state index contributed by atoms with van der Waals surface area (Å²) in [7, 11) is -6.77. The minimum Gasteiger partial charge on any atom is -0.396 e. The molecule has 4 aromatic carbocycles. The van der Waals surface area contributed by atoms with Crippen LogP contribution in [0.1, 0.15) is 62.2 Å². The average Bonchev–Trinajstić information content (AvgIpc) is 3.77. The third kappa shape index (κ3) is 12.7. The minimum atomic E-state index is -4.58. The monoisotopic (exact) mass is 970 g/mol. The number of alkyl halides is 6. The number of aliphatic hydroxyl groups is 1. The number of allylic oxidation sites excluding steroid dienone is 1. The summed E-state index contributed by atoms with van der Waals surface area (Å²) in [6.07, 6.45) is -0.808. The molecule has 0 aliphatic rings. The van der Waals surface area contributed by atoms with Gasteiger partial charge in [-0.2, -0.15) is 26.3 Å². The molecule has 0 radical (unpaired) electrons. The maximum Gasteiger partial charge on any atom is 0.417 e. The quantitative estimate of drug-likeness (QED) is 0.0525. The lowest BCUT2D eigenvalue weighted by Crippen LogP contribution is -2.12. The van der Waals surface area contributed by atoms with Crippen LogP contribution in [-0.2, 0) is 45.1 Å². The van der Waals surface area contributed by atoms with Crippen molar-refractivity contribution in [3.05, 3.63) is 155 Å². The molecule has 0 aliphatic heterocycles. The fourth-order valence-corrected chi connectivity index (χ4v) is 8.57. The van der Waals surface area contributed by atoms with Crippen LogP contribution < -0.4 is 10.6 Å². The molecule has 0 saturated carbocycles. The zero-order valence-electron chi connectivity index (χ0n) is 36.8. The van der Waals surface area contributed by atoms with Gasteiger partial charge in [-0.05, 0) is 105 Å². The summed E-state index contributed by atoms with van der Waals surface area (Å²) in [6.45, 7) is 7.48. The highest BCUT2D eigenvalue weighted by Crippen LogP contribution is 2.41. The molecule has 2 aromatic heterocycles. The molecule has 0 fully saturated rings. The molecule has 6 aromatic rings. The van der Waals surface area contributed by atoms with Crippen LogP contribution in [0.3, 0.4) is 0 Å². The first-order chi connectivity index (χ1) is 31.4. The van der Waals surface area contributed by atoms with E-state index in [2.05, 4.69) is 17.2 Å². The Morgan fingerprint density at radius 3 is 1.33 bits per heavy atom. The Balaban J connectivity index is 0.000000251. The van der Waals surface area contributed by atoms with Gasteiger partial charge in [0, 0.05) is 67.1 Å². The molecule has 3 N–H and O–H groups in total. The van der Waals surface area contributed by atoms with Gasteiger partial charge in [0.15, 0.2) is 19.7 Å². The molecule has 67 heavy (non-hydrogen) atoms. The number of hydrogen-bond donors (Lipinski definition) is 3. The van der Waals surface area contributed by atoms with E-state index in [0.717, 1.165) is 24.6 Å². The van der Waals surface area contributed by atoms with E-state index in [0.29, 0.717) is 60.5 Å². The third-order valence-electron chi connectivity index (χ3n) is 10.6. The number of unbranched alkanes of at least 4 members (excludes halogenated alkanes) is 1. The molecular formula is C48H48F6N4O7S2. The van der Waals surface area contributed by atoms with Gasteiger partial charge in [-0.3, -0.25) is 9.59 Å². The van der Waals surface area contributed by atoms with E-state index < -0.39 is 55.0 Å². The van der Waals surface area contributed by atoms with Crippen molar-refractivity contribution in [1.82, 2.24) is 9.13 Å². The Morgan fingerprint density at radius 1 is 0.612 bits per heavy atom. The summed E-state index contributed by atoms with van der Waals surface area (Å²) in [5.41, 5.74) is 0.873. The van der Waals surface area contributed by atoms with Crippen LogP contribution in [0.2, 0.25) is 0 Å². The lowest BCUT2D eigenvalue weighted by Gasteiger charge is -2.16. The summed E-state index contributed by atoms with van der Waals surface area (Å²) in [5.74, 6) is -1.04. The highest BCUT2D eigenvalue weighted by atomic mass is 32.2. The second kappa shape index (κ2) is 21.0. The van der Waals surface area contributed by atoms with E-state index in [1.54, 1.807) is 29.1 Å². The largest absolute Gasteiger partial charge is 0.417 e. The van der Waals surface area contributed by atoms with Crippen molar-refractivity contribution < 1.29 is 57.9 Å². The molecule has 0 spiro atoms. The predicted molar refractivity (Wildman–Crippen MR) is 245 cm³/mol. The number of halogens is 6. The van der Waals surface area contributed by atoms with Crippen molar-refractivity contribution in [3.8, 4) is 22.5 Å². The van der Waals surface area contributed by atoms with Crippen LogP contribution in [0.15, 0.2) is 132 Å². The van der Waals surface area contributed by atoms with E-state index in [1.807, 2.05) is 0 Å². The third-order valence-corrected chi connectivity index (χ3v) is 12.8. The van der Waals surface area contributed by atoms with Crippen LogP contribution in [0.5, 0.6) is 0 Å². The predicted octanol–water partition coefficient (Wildman–Crippen LogP) is 10.6. The van der Waals surface area contributed by atoms with Crippen LogP contribution in [0.4, 0.5) is 37.7 Å². The standard InChI is InChI=1S/C24H25F3N2O4S.C24H23F3N2O3S/c1-16-20(23(31)28-17-9-11-18(12-10-17)34(2,32)33)15-29(13-5-6-14-30)22(16)19-7-3-4-8-21(19)24(25,26)27;1-4-5-14-29-15-20(23(30)28-17-10-12-18(13-11-17)33(3,31)32)16(2)22(29)19-8-6-7-9-21(19)24(25,26)27/h3-4,7-12,15,30H,5-6,13-14H2,1-2H3,(H,28,31);4,6-13,15H,1,5,14H2,2-3H3,(H,28,30). The van der Waals surface area contributed by atoms with Gasteiger partial charge in [0.05, 0.1) is 43.4 Å². The molecule has 0 unspecified atom stereocenters. The first-order valence-corrected chi connectivity index (χ1v) is 24.3. The Morgan fingerprint density at radius 2 is 0.985 bits per heavy atom. The second-order valence-electron chi connectivity index (χ2n) is 15.5. The SMILES string of the molecule is C=CCCn1cc(C(=O)Nc2ccc(S(C)(=O)=O)cc2)c(C)c1-c1ccccc1C(F)(F)F.Cc1c(C(=O)Nc2ccc(S(C)(=O)=O)cc2)cn(CCCCO)c1-c1ccccc1C(F)(F)F. The molecule has 0 saturated heterocycles. The van der Waals surface area contributed by atoms with Gasteiger partial charge in [-0.1, -0.05) is 42.5 Å². The van der Waals surface area contributed by atoms with Gasteiger partial charge in [-0.15, -0.1) is 6.58 Å². The van der Waals surface area contributed by atoms with Gasteiger partial charge in [0.2, 0.25) is 0 Å². The number of aryl methyl sites for hydroxylation is 2. The van der Waals surface area contributed by atoms with Crippen LogP contribution in [-0.4, -0.2) is 62.0 Å². The van der Waals surface area contributed by atoms with Gasteiger partial charge in [-0.25, -0.2) is 16.8 Å². The summed E-state index contributed by atoms with van der Waals surface area (Å²) in [4.78, 5) is 26.2. The summed E-state index contributed by atoms with van der Waals surface area (Å²) in [6, 6.07) is 21.7. The lowest BCUT2D eigenvalue weighted by molar-refractivity contribution is -0.137. The molecule has 0 aliphatic carbocycles. The van der Waals surface area contributed by atoms with Crippen molar-refractivity contribution in [2.75, 3.05) is 29.8 Å². The molecule has 2 amide bonds. The summed E-state index contributed by atoms with van der Waals surface area (Å²) < 4.78 is 132. The van der Waals surface area contributed by atoms with Crippen LogP contribution in [0.25, 0.3) is 22.5 Å². The maximum atomic E-state index is 13.7. The van der Waals surface area contributed by atoms with Crippen molar-refractivity contribution >= 4 is 42.9 Å². The fourth-order valence-electron chi connectivity index (χ4n) is 7.31. The summed E-state index contributed by atoms with van der Waals surface area (Å²) >= 11 is 0. The Kier molecular flexibility index (Phi) is 16.2. The van der Waals surface area contributed by atoms with E-state index in [-0.39, 0.29) is 44.3 Å². The van der Waals surface area contributed by atoms with Gasteiger partial charge < -0.3 is 24.9 Å². The molecule has 6 rings (SSSR count). The van der Waals surface area contributed by atoms with Crippen molar-refractivity contribution in [2.45, 2.75) is 68.3 Å². The van der Waals surface area contributed by atoms with E-state index in [9.17, 15) is 52.8 Å². The molecule has 356 valence electrons. The van der Waals surface area contributed by atoms with E-state index in [4.69, 9.17) is 5.11 Å². The number of hydrogen-bond acceptors (Lipinski definition) is 7. The minimum absolute atomic E-state index is 0.0110. The first-order valence-electron chi connectivity index (χ1n) is 20.5. The molecule has 19 heteroatoms. The van der Waals surface area contributed by atoms with Crippen molar-refractivity contribution in [2.24, 2.45) is 0 Å². The first kappa shape index (κ1) is 51.5. The van der Waals surface area contributed by atoms with Crippen molar-refractivity contribution in [1.29, 1.82) is 0 Å². The molecule has 0 atom stereocenters. The number of nitrogens with zero attached hydrogens (tertiary/aromatic N) is 2. The van der Waals surface area contributed by atoms with Crippen LogP contribution in [0, 0.1) is 13.8 Å². The molecular weight excluding hydrogens is 923 g/mol. The zero-order valence-corrected chi connectivity index (χ0v) is 38.4. The highest BCUT2D eigenvalue weighted by molar-refractivity contribution is 7.91. The number of nitrogens with one attached hydrogen (secondary N) is 2. The number of amides is 2. The van der Waals surface area contributed by atoms with Gasteiger partial charge in [0.1, 0.15) is 0 Å². The number of carbonyl (C=O) groups excluding carboxylic acids is 2. The average molecular weight is 971 g/mol. The van der Waals surface area contributed by atoms with E-state index in [1.165, 1.54) is 97.3 Å². The smallest absolute Gasteiger partial charge is 0.396 e. The summed E-state index contributed by atoms with van der Waals surface area (Å²) in [5, 5.41) is 14.5. The molecule has 0 bridgehead atoms. The van der Waals surface area contributed by atoms with E-state index >= 15 is 0 Å². The highest BCUT2D eigenvalue weighted by Gasteiger charge is 2.36. The number of benzene rings is 4. The fraction of sp³-hybridized carbons (Fsp3) is 0.250. The van der Waals surface area contributed by atoms with Crippen LogP contribution >= 0.6 is 0 Å². The number of aliphatic hydroxyl groups excluding tert-OH is 1. The van der Waals surface area contributed by atoms with Gasteiger partial charge in [0.25, 0.3) is 11.8 Å². The Bertz CT molecular complexity index is 2980. The Hall–Kier alpha value is -6.44. The van der Waals surface area contributed by atoms with Gasteiger partial charge >= 0.3 is 12.4 Å². The topological polar surface area (TPSA) is 157 Å². The molecule has 2 heterocycles. The number of rotatable bonds is 15. The second-order valence-corrected chi connectivity index (χ2v) is 19.5. The maximum absolute atomic E-state index is 13.7. The zero-order chi connectivity index (χ0) is 49.5. The number of sulfone groups is 2. The lowest BCUT2D eigenvalue weighted by atomic mass is 10.00. The molecule has 11 nitrogen and oxygen atoms in total.